The first-order chi connectivity index (χ1) is 13.0. The van der Waals surface area contributed by atoms with Crippen molar-refractivity contribution in [3.63, 3.8) is 0 Å². The summed E-state index contributed by atoms with van der Waals surface area (Å²) in [6.07, 6.45) is 3.38. The topological polar surface area (TPSA) is 55.4 Å². The molecule has 4 nitrogen and oxygen atoms in total. The minimum absolute atomic E-state index is 0.271. The number of aryl methyl sites for hydroxylation is 2. The molecule has 0 saturated carbocycles. The van der Waals surface area contributed by atoms with Crippen LogP contribution in [0, 0.1) is 0 Å². The lowest BCUT2D eigenvalue weighted by Crippen LogP contribution is -2.27. The molecule has 3 aromatic carbocycles. The van der Waals surface area contributed by atoms with Gasteiger partial charge in [-0.1, -0.05) is 30.3 Å². The normalized spacial score (nSPS) is 14.9. The van der Waals surface area contributed by atoms with Crippen molar-refractivity contribution in [2.45, 2.75) is 37.1 Å². The van der Waals surface area contributed by atoms with E-state index in [-0.39, 0.29) is 10.9 Å². The summed E-state index contributed by atoms with van der Waals surface area (Å²) in [5.41, 5.74) is 3.74. The highest BCUT2D eigenvalue weighted by molar-refractivity contribution is 7.89. The first-order valence-electron chi connectivity index (χ1n) is 9.18. The summed E-state index contributed by atoms with van der Waals surface area (Å²) in [6, 6.07) is 16.8. The summed E-state index contributed by atoms with van der Waals surface area (Å²) in [5.74, 6) is 0.751. The Kier molecular flexibility index (Phi) is 4.66. The van der Waals surface area contributed by atoms with Gasteiger partial charge in [0.2, 0.25) is 10.0 Å². The molecule has 5 heteroatoms. The van der Waals surface area contributed by atoms with Gasteiger partial charge in [-0.15, -0.1) is 0 Å². The van der Waals surface area contributed by atoms with Crippen molar-refractivity contribution in [3.05, 3.63) is 71.3 Å². The molecule has 0 radical (unpaired) electrons. The first-order valence-corrected chi connectivity index (χ1v) is 10.7. The Bertz CT molecular complexity index is 1110. The second-order valence-electron chi connectivity index (χ2n) is 7.10. The molecule has 140 valence electrons. The van der Waals surface area contributed by atoms with Crippen molar-refractivity contribution >= 4 is 20.8 Å². The quantitative estimate of drug-likeness (QED) is 0.714. The number of rotatable bonds is 5. The third-order valence-electron chi connectivity index (χ3n) is 5.28. The van der Waals surface area contributed by atoms with Gasteiger partial charge in [0, 0.05) is 6.04 Å². The minimum Gasteiger partial charge on any atom is -0.497 e. The van der Waals surface area contributed by atoms with Crippen LogP contribution in [0.1, 0.15) is 36.1 Å². The molecule has 1 aliphatic rings. The summed E-state index contributed by atoms with van der Waals surface area (Å²) < 4.78 is 33.8. The lowest BCUT2D eigenvalue weighted by molar-refractivity contribution is 0.415. The maximum absolute atomic E-state index is 12.9. The molecule has 0 aliphatic heterocycles. The summed E-state index contributed by atoms with van der Waals surface area (Å²) in [7, 11) is -1.99. The Morgan fingerprint density at radius 2 is 1.67 bits per heavy atom. The van der Waals surface area contributed by atoms with Gasteiger partial charge in [-0.3, -0.25) is 0 Å². The maximum atomic E-state index is 12.9. The molecule has 1 N–H and O–H groups in total. The number of ether oxygens (including phenoxy) is 1. The summed E-state index contributed by atoms with van der Waals surface area (Å²) >= 11 is 0. The van der Waals surface area contributed by atoms with Gasteiger partial charge in [0.25, 0.3) is 0 Å². The van der Waals surface area contributed by atoms with Crippen LogP contribution in [0.4, 0.5) is 0 Å². The van der Waals surface area contributed by atoms with Crippen LogP contribution in [-0.4, -0.2) is 15.5 Å². The summed E-state index contributed by atoms with van der Waals surface area (Å²) in [4.78, 5) is 0.271. The lowest BCUT2D eigenvalue weighted by atomic mass is 10.0. The van der Waals surface area contributed by atoms with E-state index in [1.54, 1.807) is 19.2 Å². The molecule has 0 saturated heterocycles. The smallest absolute Gasteiger partial charge is 0.241 e. The van der Waals surface area contributed by atoms with Crippen molar-refractivity contribution in [1.29, 1.82) is 0 Å². The number of methoxy groups -OCH3 is 1. The Balaban J connectivity index is 1.60. The second-order valence-corrected chi connectivity index (χ2v) is 8.81. The SMILES string of the molecule is COc1ccc2cc(S(=O)(=O)N[C@@H](C)c3ccc4c(c3)CCC4)ccc2c1. The van der Waals surface area contributed by atoms with Crippen molar-refractivity contribution < 1.29 is 13.2 Å². The highest BCUT2D eigenvalue weighted by Gasteiger charge is 2.20. The molecular weight excluding hydrogens is 358 g/mol. The van der Waals surface area contributed by atoms with E-state index in [0.717, 1.165) is 34.9 Å². The standard InChI is InChI=1S/C22H23NO3S/c1-15(17-7-6-16-4-3-5-18(16)12-17)23-27(24,25)22-11-9-19-13-21(26-2)10-8-20(19)14-22/h6-15,23H,3-5H2,1-2H3/t15-/m0/s1. The molecule has 0 spiro atoms. The van der Waals surface area contributed by atoms with E-state index >= 15 is 0 Å². The predicted octanol–water partition coefficient (Wildman–Crippen LogP) is 4.38. The number of nitrogens with one attached hydrogen (secondary N) is 1. The van der Waals surface area contributed by atoms with Crippen LogP contribution in [0.25, 0.3) is 10.8 Å². The molecule has 0 heterocycles. The number of hydrogen-bond acceptors (Lipinski definition) is 3. The van der Waals surface area contributed by atoms with E-state index < -0.39 is 10.0 Å². The van der Waals surface area contributed by atoms with Crippen LogP contribution >= 0.6 is 0 Å². The second kappa shape index (κ2) is 6.98. The fourth-order valence-corrected chi connectivity index (χ4v) is 4.99. The van der Waals surface area contributed by atoms with E-state index in [1.165, 1.54) is 17.5 Å². The molecule has 27 heavy (non-hydrogen) atoms. The van der Waals surface area contributed by atoms with Gasteiger partial charge in [-0.05, 0) is 77.9 Å². The highest BCUT2D eigenvalue weighted by Crippen LogP contribution is 2.27. The third kappa shape index (κ3) is 3.57. The molecule has 0 fully saturated rings. The zero-order valence-electron chi connectivity index (χ0n) is 15.5. The maximum Gasteiger partial charge on any atom is 0.241 e. The van der Waals surface area contributed by atoms with Gasteiger partial charge in [-0.2, -0.15) is 0 Å². The van der Waals surface area contributed by atoms with E-state index in [4.69, 9.17) is 4.74 Å². The van der Waals surface area contributed by atoms with E-state index in [2.05, 4.69) is 16.9 Å². The Hall–Kier alpha value is -2.37. The minimum atomic E-state index is -3.61. The molecule has 3 aromatic rings. The van der Waals surface area contributed by atoms with E-state index in [9.17, 15) is 8.42 Å². The lowest BCUT2D eigenvalue weighted by Gasteiger charge is -2.16. The zero-order valence-corrected chi connectivity index (χ0v) is 16.3. The molecule has 0 amide bonds. The van der Waals surface area contributed by atoms with Gasteiger partial charge < -0.3 is 4.74 Å². The van der Waals surface area contributed by atoms with Crippen LogP contribution in [0.3, 0.4) is 0 Å². The van der Waals surface area contributed by atoms with Gasteiger partial charge in [0.1, 0.15) is 5.75 Å². The molecule has 1 atom stereocenters. The predicted molar refractivity (Wildman–Crippen MR) is 108 cm³/mol. The monoisotopic (exact) mass is 381 g/mol. The van der Waals surface area contributed by atoms with Crippen LogP contribution in [-0.2, 0) is 22.9 Å². The van der Waals surface area contributed by atoms with Crippen LogP contribution < -0.4 is 9.46 Å². The van der Waals surface area contributed by atoms with Gasteiger partial charge in [0.15, 0.2) is 0 Å². The molecule has 0 unspecified atom stereocenters. The zero-order chi connectivity index (χ0) is 19.0. The van der Waals surface area contributed by atoms with Crippen molar-refractivity contribution in [1.82, 2.24) is 4.72 Å². The molecular formula is C22H23NO3S. The summed E-state index contributed by atoms with van der Waals surface area (Å²) in [6.45, 7) is 1.89. The van der Waals surface area contributed by atoms with Crippen LogP contribution in [0.15, 0.2) is 59.5 Å². The summed E-state index contributed by atoms with van der Waals surface area (Å²) in [5, 5.41) is 1.81. The van der Waals surface area contributed by atoms with Gasteiger partial charge in [-0.25, -0.2) is 13.1 Å². The number of benzene rings is 3. The van der Waals surface area contributed by atoms with E-state index in [1.807, 2.05) is 37.3 Å². The molecule has 1 aliphatic carbocycles. The van der Waals surface area contributed by atoms with Crippen molar-refractivity contribution in [2.75, 3.05) is 7.11 Å². The Labute approximate surface area is 160 Å². The molecule has 0 bridgehead atoms. The number of fused-ring (bicyclic) bond motifs is 2. The fourth-order valence-electron chi connectivity index (χ4n) is 3.73. The average molecular weight is 381 g/mol. The van der Waals surface area contributed by atoms with Crippen molar-refractivity contribution in [3.8, 4) is 5.75 Å². The Morgan fingerprint density at radius 1 is 0.926 bits per heavy atom. The van der Waals surface area contributed by atoms with E-state index in [0.29, 0.717) is 0 Å². The Morgan fingerprint density at radius 3 is 2.48 bits per heavy atom. The fraction of sp³-hybridized carbons (Fsp3) is 0.273. The van der Waals surface area contributed by atoms with Crippen molar-refractivity contribution in [2.24, 2.45) is 0 Å². The highest BCUT2D eigenvalue weighted by atomic mass is 32.2. The van der Waals surface area contributed by atoms with Crippen LogP contribution in [0.2, 0.25) is 0 Å². The number of hydrogen-bond donors (Lipinski definition) is 1. The molecule has 0 aromatic heterocycles. The van der Waals surface area contributed by atoms with Gasteiger partial charge >= 0.3 is 0 Å². The largest absolute Gasteiger partial charge is 0.497 e. The molecule has 4 rings (SSSR count). The van der Waals surface area contributed by atoms with Crippen LogP contribution in [0.5, 0.6) is 5.75 Å². The third-order valence-corrected chi connectivity index (χ3v) is 6.82. The number of sulfonamides is 1. The van der Waals surface area contributed by atoms with Gasteiger partial charge in [0.05, 0.1) is 12.0 Å². The average Bonchev–Trinajstić information content (AvgIpc) is 3.14. The first kappa shape index (κ1) is 18.0.